The number of furan rings is 1. The summed E-state index contributed by atoms with van der Waals surface area (Å²) in [5, 5.41) is 5.86. The number of fused-ring (bicyclic) bond motifs is 3. The van der Waals surface area contributed by atoms with Crippen molar-refractivity contribution in [1.82, 2.24) is 5.32 Å². The summed E-state index contributed by atoms with van der Waals surface area (Å²) in [7, 11) is 0. The first-order valence-corrected chi connectivity index (χ1v) is 20.3. The Morgan fingerprint density at radius 2 is 0.881 bits per heavy atom. The van der Waals surface area contributed by atoms with Gasteiger partial charge in [-0.1, -0.05) is 214 Å². The van der Waals surface area contributed by atoms with E-state index in [2.05, 4.69) is 181 Å². The lowest BCUT2D eigenvalue weighted by Crippen LogP contribution is -2.33. The van der Waals surface area contributed by atoms with E-state index in [1.807, 2.05) is 50.2 Å². The van der Waals surface area contributed by atoms with Crippen molar-refractivity contribution >= 4 is 44.8 Å². The van der Waals surface area contributed by atoms with E-state index in [9.17, 15) is 0 Å². The topological polar surface area (TPSA) is 49.9 Å². The van der Waals surface area contributed by atoms with Gasteiger partial charge in [-0.3, -0.25) is 0 Å². The van der Waals surface area contributed by atoms with Crippen molar-refractivity contribution < 1.29 is 4.42 Å². The maximum Gasteiger partial charge on any atom is 0.159 e. The molecule has 0 bridgehead atoms. The summed E-state index contributed by atoms with van der Waals surface area (Å²) in [6, 6.07) is 74.3. The second-order valence-electron chi connectivity index (χ2n) is 14.2. The van der Waals surface area contributed by atoms with Gasteiger partial charge >= 0.3 is 0 Å². The van der Waals surface area contributed by atoms with Gasteiger partial charge in [0.15, 0.2) is 5.84 Å². The van der Waals surface area contributed by atoms with Crippen LogP contribution < -0.4 is 5.32 Å². The van der Waals surface area contributed by atoms with Crippen molar-refractivity contribution in [2.24, 2.45) is 9.98 Å². The van der Waals surface area contributed by atoms with Crippen LogP contribution in [0.15, 0.2) is 227 Å². The maximum atomic E-state index is 6.28. The smallest absolute Gasteiger partial charge is 0.159 e. The zero-order chi connectivity index (χ0) is 40.0. The second kappa shape index (κ2) is 16.9. The fraction of sp³-hybridized carbons (Fsp3) is 0.0545. The molecule has 4 nitrogen and oxygen atoms in total. The molecule has 0 amide bonds. The highest BCUT2D eigenvalue weighted by atomic mass is 16.3. The molecule has 1 atom stereocenters. The van der Waals surface area contributed by atoms with Crippen LogP contribution in [0.3, 0.4) is 0 Å². The summed E-state index contributed by atoms with van der Waals surface area (Å²) in [4.78, 5) is 10.2. The zero-order valence-electron chi connectivity index (χ0n) is 33.1. The molecule has 1 aliphatic rings. The molecule has 1 N–H and O–H groups in total. The number of aliphatic imine (C=N–C) groups is 2. The van der Waals surface area contributed by atoms with E-state index in [-0.39, 0.29) is 6.17 Å². The summed E-state index contributed by atoms with van der Waals surface area (Å²) in [5.41, 5.74) is 13.9. The van der Waals surface area contributed by atoms with Gasteiger partial charge in [0, 0.05) is 27.5 Å². The van der Waals surface area contributed by atoms with Gasteiger partial charge in [0.1, 0.15) is 23.2 Å². The Labute approximate surface area is 345 Å². The Balaban J connectivity index is 0.00000221. The lowest BCUT2D eigenvalue weighted by atomic mass is 9.85. The molecule has 9 aromatic rings. The van der Waals surface area contributed by atoms with E-state index in [0.29, 0.717) is 5.84 Å². The SMILES string of the molecule is CC.c1ccc(C2=NC(c3ccc4c(c3)oc3ccccc34)NC(c3ccc(C(=C(c4ccccc4)c4ccccc4)c4ccc(-c5ccccc5)cc4)cc3)=N2)cc1. The van der Waals surface area contributed by atoms with Crippen LogP contribution in [-0.2, 0) is 0 Å². The average Bonchev–Trinajstić information content (AvgIpc) is 3.71. The number of hydrogen-bond acceptors (Lipinski definition) is 4. The molecule has 0 spiro atoms. The van der Waals surface area contributed by atoms with Crippen LogP contribution in [0.1, 0.15) is 59.0 Å². The number of nitrogens with one attached hydrogen (secondary N) is 1. The second-order valence-corrected chi connectivity index (χ2v) is 14.2. The lowest BCUT2D eigenvalue weighted by Gasteiger charge is -2.24. The molecule has 1 aromatic heterocycles. The number of nitrogens with zero attached hydrogens (tertiary/aromatic N) is 2. The van der Waals surface area contributed by atoms with Crippen LogP contribution in [0.5, 0.6) is 0 Å². The molecule has 8 aromatic carbocycles. The molecule has 0 aliphatic carbocycles. The highest BCUT2D eigenvalue weighted by Gasteiger charge is 2.23. The van der Waals surface area contributed by atoms with Crippen molar-refractivity contribution in [3.63, 3.8) is 0 Å². The molecule has 0 radical (unpaired) electrons. The Hall–Kier alpha value is -7.56. The van der Waals surface area contributed by atoms with Gasteiger partial charge in [-0.25, -0.2) is 9.98 Å². The van der Waals surface area contributed by atoms with E-state index in [1.165, 1.54) is 16.7 Å². The number of amidine groups is 2. The van der Waals surface area contributed by atoms with E-state index in [0.717, 1.165) is 72.3 Å². The molecular formula is C55H43N3O. The minimum absolute atomic E-state index is 0.369. The highest BCUT2D eigenvalue weighted by Crippen LogP contribution is 2.38. The third-order valence-corrected chi connectivity index (χ3v) is 10.6. The van der Waals surface area contributed by atoms with Crippen molar-refractivity contribution in [3.8, 4) is 11.1 Å². The summed E-state index contributed by atoms with van der Waals surface area (Å²) >= 11 is 0. The van der Waals surface area contributed by atoms with Crippen molar-refractivity contribution in [2.45, 2.75) is 20.0 Å². The first-order chi connectivity index (χ1) is 29.2. The Bertz CT molecular complexity index is 2890. The van der Waals surface area contributed by atoms with Crippen LogP contribution in [-0.4, -0.2) is 11.7 Å². The first kappa shape index (κ1) is 37.0. The van der Waals surface area contributed by atoms with E-state index in [4.69, 9.17) is 14.4 Å². The summed E-state index contributed by atoms with van der Waals surface area (Å²) in [6.45, 7) is 4.00. The number of hydrogen-bond donors (Lipinski definition) is 1. The highest BCUT2D eigenvalue weighted by molar-refractivity contribution is 6.13. The molecule has 4 heteroatoms. The zero-order valence-corrected chi connectivity index (χ0v) is 33.1. The molecule has 10 rings (SSSR count). The Morgan fingerprint density at radius 3 is 1.47 bits per heavy atom. The number of para-hydroxylation sites is 1. The van der Waals surface area contributed by atoms with Crippen molar-refractivity contribution in [3.05, 3.63) is 251 Å². The average molecular weight is 762 g/mol. The van der Waals surface area contributed by atoms with Crippen LogP contribution in [0, 0.1) is 0 Å². The third kappa shape index (κ3) is 7.64. The quantitative estimate of drug-likeness (QED) is 0.157. The van der Waals surface area contributed by atoms with E-state index < -0.39 is 0 Å². The summed E-state index contributed by atoms with van der Waals surface area (Å²) in [6.07, 6.45) is -0.369. The Kier molecular flexibility index (Phi) is 10.6. The van der Waals surface area contributed by atoms with Gasteiger partial charge in [0.25, 0.3) is 0 Å². The molecular weight excluding hydrogens is 719 g/mol. The fourth-order valence-electron chi connectivity index (χ4n) is 7.77. The minimum atomic E-state index is -0.369. The minimum Gasteiger partial charge on any atom is -0.456 e. The Morgan fingerprint density at radius 1 is 0.424 bits per heavy atom. The molecule has 1 aliphatic heterocycles. The molecule has 59 heavy (non-hydrogen) atoms. The van der Waals surface area contributed by atoms with Crippen LogP contribution in [0.2, 0.25) is 0 Å². The van der Waals surface area contributed by atoms with Gasteiger partial charge in [0.05, 0.1) is 0 Å². The van der Waals surface area contributed by atoms with Crippen LogP contribution in [0.4, 0.5) is 0 Å². The van der Waals surface area contributed by atoms with Gasteiger partial charge in [0.2, 0.25) is 0 Å². The van der Waals surface area contributed by atoms with Gasteiger partial charge in [-0.2, -0.15) is 0 Å². The molecule has 0 fully saturated rings. The predicted molar refractivity (Wildman–Crippen MR) is 247 cm³/mol. The monoisotopic (exact) mass is 761 g/mol. The van der Waals surface area contributed by atoms with Gasteiger partial charge < -0.3 is 9.73 Å². The summed E-state index contributed by atoms with van der Waals surface area (Å²) < 4.78 is 6.28. The first-order valence-electron chi connectivity index (χ1n) is 20.3. The summed E-state index contributed by atoms with van der Waals surface area (Å²) in [5.74, 6) is 1.44. The standard InChI is InChI=1S/C53H37N3O.C2H6/c1-5-15-36(16-6-1)37-25-27-40(28-26-37)50(49(38-17-7-2-8-18-38)39-19-9-3-10-20-39)41-29-31-43(32-30-41)52-54-51(42-21-11-4-12-22-42)55-53(56-52)44-33-34-46-45-23-13-14-24-47(45)57-48(46)35-44;1-2/h1-35,53H,(H,54,55,56);1-2H3. The largest absolute Gasteiger partial charge is 0.456 e. The third-order valence-electron chi connectivity index (χ3n) is 10.6. The van der Waals surface area contributed by atoms with Crippen LogP contribution in [0.25, 0.3) is 44.2 Å². The van der Waals surface area contributed by atoms with E-state index >= 15 is 0 Å². The number of rotatable bonds is 8. The molecule has 0 saturated carbocycles. The van der Waals surface area contributed by atoms with Gasteiger partial charge in [-0.15, -0.1) is 0 Å². The molecule has 0 saturated heterocycles. The fourth-order valence-corrected chi connectivity index (χ4v) is 7.77. The molecule has 1 unspecified atom stereocenters. The number of benzene rings is 8. The normalized spacial score (nSPS) is 13.4. The molecule has 2 heterocycles. The van der Waals surface area contributed by atoms with Crippen molar-refractivity contribution in [2.75, 3.05) is 0 Å². The van der Waals surface area contributed by atoms with Crippen LogP contribution >= 0.6 is 0 Å². The molecule has 284 valence electrons. The van der Waals surface area contributed by atoms with E-state index in [1.54, 1.807) is 0 Å². The lowest BCUT2D eigenvalue weighted by molar-refractivity contribution is 0.655. The van der Waals surface area contributed by atoms with Gasteiger partial charge in [-0.05, 0) is 56.7 Å². The predicted octanol–water partition coefficient (Wildman–Crippen LogP) is 13.8. The maximum absolute atomic E-state index is 6.28. The van der Waals surface area contributed by atoms with Crippen molar-refractivity contribution in [1.29, 1.82) is 0 Å².